The predicted molar refractivity (Wildman–Crippen MR) is 91.7 cm³/mol. The van der Waals surface area contributed by atoms with E-state index in [-0.39, 0.29) is 22.9 Å². The van der Waals surface area contributed by atoms with E-state index in [1.165, 1.54) is 4.90 Å². The van der Waals surface area contributed by atoms with E-state index in [9.17, 15) is 19.2 Å². The maximum Gasteiger partial charge on any atom is 0.267 e. The number of amides is 3. The summed E-state index contributed by atoms with van der Waals surface area (Å²) in [6, 6.07) is 5.84. The van der Waals surface area contributed by atoms with Crippen molar-refractivity contribution in [2.75, 3.05) is 17.7 Å². The number of nitrogens with two attached hydrogens (primary N) is 1. The van der Waals surface area contributed by atoms with Gasteiger partial charge in [-0.2, -0.15) is 0 Å². The molecule has 26 heavy (non-hydrogen) atoms. The molecule has 0 spiro atoms. The highest BCUT2D eigenvalue weighted by atomic mass is 16.5. The lowest BCUT2D eigenvalue weighted by Crippen LogP contribution is -2.42. The number of imide groups is 1. The average molecular weight is 354 g/mol. The molecular formula is C17H14N4O5. The molecular weight excluding hydrogens is 340 g/mol. The van der Waals surface area contributed by atoms with Crippen LogP contribution in [0.25, 0.3) is 5.69 Å². The van der Waals surface area contributed by atoms with Gasteiger partial charge in [-0.1, -0.05) is 0 Å². The molecule has 2 aromatic rings. The largest absolute Gasteiger partial charge is 0.479 e. The van der Waals surface area contributed by atoms with Crippen LogP contribution in [0.1, 0.15) is 27.6 Å². The zero-order valence-corrected chi connectivity index (χ0v) is 13.9. The Labute approximate surface area is 147 Å². The number of aromatic nitrogens is 1. The number of pyridine rings is 1. The monoisotopic (exact) mass is 354 g/mol. The van der Waals surface area contributed by atoms with Crippen molar-refractivity contribution < 1.29 is 19.1 Å². The number of fused-ring (bicyclic) bond motifs is 2. The molecule has 0 saturated carbocycles. The number of likely N-dealkylation sites (N-methyl/N-ethyl adjacent to an activating group) is 1. The van der Waals surface area contributed by atoms with Gasteiger partial charge in [0.2, 0.25) is 0 Å². The Morgan fingerprint density at radius 3 is 2.58 bits per heavy atom. The fourth-order valence-corrected chi connectivity index (χ4v) is 3.19. The van der Waals surface area contributed by atoms with E-state index < -0.39 is 23.5 Å². The molecule has 1 aromatic carbocycles. The van der Waals surface area contributed by atoms with Crippen LogP contribution in [-0.2, 0) is 4.79 Å². The Morgan fingerprint density at radius 1 is 1.12 bits per heavy atom. The van der Waals surface area contributed by atoms with Crippen molar-refractivity contribution in [2.24, 2.45) is 0 Å². The van der Waals surface area contributed by atoms with E-state index in [2.05, 4.69) is 5.32 Å². The molecule has 0 fully saturated rings. The standard InChI is InChI=1S/C17H14N4O5/c1-7-17(25)20(2)10-4-3-8(5-11(10)26-7)21-12(22)6-9-13(14(21)18)16(24)19-15(9)23/h3-7H,18H2,1-2H3,(H,19,23,24). The first-order chi connectivity index (χ1) is 12.3. The number of carbonyl (C=O) groups excluding carboxylic acids is 3. The summed E-state index contributed by atoms with van der Waals surface area (Å²) in [4.78, 5) is 49.6. The third-order valence-electron chi connectivity index (χ3n) is 4.50. The zero-order valence-electron chi connectivity index (χ0n) is 13.9. The van der Waals surface area contributed by atoms with Crippen molar-refractivity contribution in [3.8, 4) is 11.4 Å². The molecule has 1 unspecified atom stereocenters. The van der Waals surface area contributed by atoms with Crippen LogP contribution in [0.4, 0.5) is 11.5 Å². The summed E-state index contributed by atoms with van der Waals surface area (Å²) in [6.45, 7) is 1.63. The summed E-state index contributed by atoms with van der Waals surface area (Å²) in [5.41, 5.74) is 6.30. The molecule has 0 saturated heterocycles. The van der Waals surface area contributed by atoms with Gasteiger partial charge in [0.1, 0.15) is 11.6 Å². The van der Waals surface area contributed by atoms with Crippen molar-refractivity contribution in [1.29, 1.82) is 0 Å². The van der Waals surface area contributed by atoms with Crippen molar-refractivity contribution in [3.63, 3.8) is 0 Å². The highest BCUT2D eigenvalue weighted by molar-refractivity contribution is 6.23. The lowest BCUT2D eigenvalue weighted by molar-refractivity contribution is -0.125. The highest BCUT2D eigenvalue weighted by Gasteiger charge is 2.33. The summed E-state index contributed by atoms with van der Waals surface area (Å²) in [5, 5.41) is 2.12. The molecule has 132 valence electrons. The minimum absolute atomic E-state index is 0.0334. The average Bonchev–Trinajstić information content (AvgIpc) is 2.86. The molecule has 2 aliphatic rings. The van der Waals surface area contributed by atoms with E-state index in [0.717, 1.165) is 10.6 Å². The van der Waals surface area contributed by atoms with Crippen molar-refractivity contribution in [2.45, 2.75) is 13.0 Å². The van der Waals surface area contributed by atoms with Gasteiger partial charge in [0.05, 0.1) is 22.5 Å². The third kappa shape index (κ3) is 2.03. The quantitative estimate of drug-likeness (QED) is 0.697. The van der Waals surface area contributed by atoms with Crippen LogP contribution in [0.3, 0.4) is 0 Å². The number of nitrogens with zero attached hydrogens (tertiary/aromatic N) is 2. The third-order valence-corrected chi connectivity index (χ3v) is 4.50. The molecule has 9 nitrogen and oxygen atoms in total. The van der Waals surface area contributed by atoms with Gasteiger partial charge in [-0.3, -0.25) is 29.1 Å². The van der Waals surface area contributed by atoms with Gasteiger partial charge in [0.15, 0.2) is 6.10 Å². The van der Waals surface area contributed by atoms with Crippen LogP contribution in [0, 0.1) is 0 Å². The Bertz CT molecular complexity index is 1070. The zero-order chi connectivity index (χ0) is 18.7. The van der Waals surface area contributed by atoms with Crippen molar-refractivity contribution >= 4 is 29.2 Å². The second-order valence-electron chi connectivity index (χ2n) is 6.08. The number of ether oxygens (including phenoxy) is 1. The van der Waals surface area contributed by atoms with Crippen molar-refractivity contribution in [3.05, 3.63) is 45.7 Å². The summed E-state index contributed by atoms with van der Waals surface area (Å²) >= 11 is 0. The predicted octanol–water partition coefficient (Wildman–Crippen LogP) is 0.0470. The summed E-state index contributed by atoms with van der Waals surface area (Å²) in [5.74, 6) is -1.21. The fraction of sp³-hybridized carbons (Fsp3) is 0.176. The van der Waals surface area contributed by atoms with Crippen LogP contribution in [0.15, 0.2) is 29.1 Å². The van der Waals surface area contributed by atoms with E-state index >= 15 is 0 Å². The van der Waals surface area contributed by atoms with E-state index in [1.807, 2.05) is 0 Å². The first-order valence-electron chi connectivity index (χ1n) is 7.79. The first kappa shape index (κ1) is 15.9. The minimum Gasteiger partial charge on any atom is -0.479 e. The molecule has 0 aliphatic carbocycles. The molecule has 4 rings (SSSR count). The fourth-order valence-electron chi connectivity index (χ4n) is 3.19. The van der Waals surface area contributed by atoms with E-state index in [0.29, 0.717) is 17.1 Å². The molecule has 3 heterocycles. The lowest BCUT2D eigenvalue weighted by atomic mass is 10.1. The Morgan fingerprint density at radius 2 is 1.85 bits per heavy atom. The second-order valence-corrected chi connectivity index (χ2v) is 6.08. The van der Waals surface area contributed by atoms with E-state index in [4.69, 9.17) is 10.5 Å². The summed E-state index contributed by atoms with van der Waals surface area (Å²) < 4.78 is 6.73. The molecule has 0 radical (unpaired) electrons. The normalized spacial score (nSPS) is 18.3. The van der Waals surface area contributed by atoms with Gasteiger partial charge in [-0.15, -0.1) is 0 Å². The molecule has 9 heteroatoms. The maximum absolute atomic E-state index is 12.5. The molecule has 2 aliphatic heterocycles. The second kappa shape index (κ2) is 5.19. The minimum atomic E-state index is -0.666. The number of rotatable bonds is 1. The van der Waals surface area contributed by atoms with Gasteiger partial charge < -0.3 is 15.4 Å². The number of hydrogen-bond acceptors (Lipinski definition) is 6. The number of carbonyl (C=O) groups is 3. The van der Waals surface area contributed by atoms with Crippen LogP contribution in [0.5, 0.6) is 5.75 Å². The van der Waals surface area contributed by atoms with E-state index in [1.54, 1.807) is 32.2 Å². The maximum atomic E-state index is 12.5. The number of benzene rings is 1. The molecule has 3 N–H and O–H groups in total. The Hall–Kier alpha value is -3.62. The Balaban J connectivity index is 1.91. The number of nitrogens with one attached hydrogen (secondary N) is 1. The Kier molecular flexibility index (Phi) is 3.17. The molecule has 3 amide bonds. The van der Waals surface area contributed by atoms with Gasteiger partial charge in [-0.25, -0.2) is 0 Å². The summed E-state index contributed by atoms with van der Waals surface area (Å²) in [7, 11) is 1.63. The molecule has 0 bridgehead atoms. The topological polar surface area (TPSA) is 124 Å². The van der Waals surface area contributed by atoms with Gasteiger partial charge in [0, 0.05) is 19.2 Å². The van der Waals surface area contributed by atoms with Crippen LogP contribution < -0.4 is 26.2 Å². The van der Waals surface area contributed by atoms with Gasteiger partial charge in [-0.05, 0) is 19.1 Å². The number of hydrogen-bond donors (Lipinski definition) is 2. The lowest BCUT2D eigenvalue weighted by Gasteiger charge is -2.30. The number of nitrogen functional groups attached to an aromatic ring is 1. The number of anilines is 2. The highest BCUT2D eigenvalue weighted by Crippen LogP contribution is 2.35. The van der Waals surface area contributed by atoms with Crippen molar-refractivity contribution in [1.82, 2.24) is 9.88 Å². The van der Waals surface area contributed by atoms with Crippen LogP contribution in [-0.4, -0.2) is 35.4 Å². The summed E-state index contributed by atoms with van der Waals surface area (Å²) in [6.07, 6.45) is -0.666. The van der Waals surface area contributed by atoms with Gasteiger partial charge >= 0.3 is 0 Å². The first-order valence-corrected chi connectivity index (χ1v) is 7.79. The van der Waals surface area contributed by atoms with Crippen LogP contribution in [0.2, 0.25) is 0 Å². The SMILES string of the molecule is CC1Oc2cc(-n3c(N)c4c(cc3=O)C(=O)NC4=O)ccc2N(C)C1=O. The molecule has 1 aromatic heterocycles. The van der Waals surface area contributed by atoms with Gasteiger partial charge in [0.25, 0.3) is 23.3 Å². The smallest absolute Gasteiger partial charge is 0.267 e. The molecule has 1 atom stereocenters. The van der Waals surface area contributed by atoms with Crippen LogP contribution >= 0.6 is 0 Å².